The van der Waals surface area contributed by atoms with E-state index < -0.39 is 0 Å². The van der Waals surface area contributed by atoms with Crippen molar-refractivity contribution in [2.45, 2.75) is 40.0 Å². The number of anilines is 1. The summed E-state index contributed by atoms with van der Waals surface area (Å²) >= 11 is 0. The van der Waals surface area contributed by atoms with Gasteiger partial charge in [0.25, 0.3) is 0 Å². The number of aromatic nitrogens is 2. The van der Waals surface area contributed by atoms with Crippen molar-refractivity contribution in [2.75, 3.05) is 12.0 Å². The third-order valence-corrected chi connectivity index (χ3v) is 2.33. The van der Waals surface area contributed by atoms with Crippen LogP contribution < -0.4 is 16.0 Å². The number of nitrogen functional groups attached to an aromatic ring is 1. The highest BCUT2D eigenvalue weighted by Gasteiger charge is 2.08. The van der Waals surface area contributed by atoms with Crippen LogP contribution in [0.1, 0.15) is 45.9 Å². The van der Waals surface area contributed by atoms with Gasteiger partial charge >= 0.3 is 0 Å². The minimum atomic E-state index is 0.246. The van der Waals surface area contributed by atoms with Crippen molar-refractivity contribution in [3.63, 3.8) is 0 Å². The summed E-state index contributed by atoms with van der Waals surface area (Å²) in [7, 11) is 0. The molecule has 1 rings (SSSR count). The van der Waals surface area contributed by atoms with Crippen molar-refractivity contribution in [1.82, 2.24) is 9.97 Å². The fraction of sp³-hybridized carbons (Fsp3) is 0.667. The number of rotatable bonds is 6. The standard InChI is InChI=1S/C12H22N4O/c1-8(2)5-6-17-11-7-10(16-13)14-12(15-11)9(3)4/h7-9H,5-6,13H2,1-4H3,(H,14,15,16). The zero-order chi connectivity index (χ0) is 12.8. The molecule has 0 unspecified atom stereocenters. The van der Waals surface area contributed by atoms with E-state index in [0.29, 0.717) is 24.2 Å². The normalized spacial score (nSPS) is 11.0. The van der Waals surface area contributed by atoms with Gasteiger partial charge in [0.1, 0.15) is 11.6 Å². The highest BCUT2D eigenvalue weighted by molar-refractivity contribution is 5.37. The topological polar surface area (TPSA) is 73.1 Å². The van der Waals surface area contributed by atoms with E-state index >= 15 is 0 Å². The lowest BCUT2D eigenvalue weighted by molar-refractivity contribution is 0.278. The average Bonchev–Trinajstić information content (AvgIpc) is 2.28. The molecular formula is C12H22N4O. The van der Waals surface area contributed by atoms with Crippen LogP contribution in [0.15, 0.2) is 6.07 Å². The van der Waals surface area contributed by atoms with Gasteiger partial charge in [0.2, 0.25) is 5.88 Å². The van der Waals surface area contributed by atoms with Crippen LogP contribution >= 0.6 is 0 Å². The fourth-order valence-corrected chi connectivity index (χ4v) is 1.25. The Labute approximate surface area is 103 Å². The third-order valence-electron chi connectivity index (χ3n) is 2.33. The monoisotopic (exact) mass is 238 g/mol. The maximum Gasteiger partial charge on any atom is 0.218 e. The Hall–Kier alpha value is -1.36. The largest absolute Gasteiger partial charge is 0.478 e. The average molecular weight is 238 g/mol. The molecule has 0 amide bonds. The molecule has 0 fully saturated rings. The molecule has 1 heterocycles. The predicted molar refractivity (Wildman–Crippen MR) is 68.9 cm³/mol. The third kappa shape index (κ3) is 4.56. The van der Waals surface area contributed by atoms with Crippen molar-refractivity contribution in [1.29, 1.82) is 0 Å². The summed E-state index contributed by atoms with van der Waals surface area (Å²) < 4.78 is 5.60. The number of hydrazine groups is 1. The van der Waals surface area contributed by atoms with Crippen molar-refractivity contribution < 1.29 is 4.74 Å². The molecule has 0 atom stereocenters. The number of ether oxygens (including phenoxy) is 1. The lowest BCUT2D eigenvalue weighted by atomic mass is 10.1. The maximum absolute atomic E-state index is 5.60. The minimum absolute atomic E-state index is 0.246. The van der Waals surface area contributed by atoms with Crippen LogP contribution in [0.5, 0.6) is 5.88 Å². The summed E-state index contributed by atoms with van der Waals surface area (Å²) in [6.07, 6.45) is 1.01. The second-order valence-corrected chi connectivity index (χ2v) is 4.78. The molecule has 3 N–H and O–H groups in total. The SMILES string of the molecule is CC(C)CCOc1cc(NN)nc(C(C)C)n1. The summed E-state index contributed by atoms with van der Waals surface area (Å²) in [5.41, 5.74) is 2.53. The Balaban J connectivity index is 2.73. The van der Waals surface area contributed by atoms with E-state index in [1.54, 1.807) is 6.07 Å². The second-order valence-electron chi connectivity index (χ2n) is 4.78. The Morgan fingerprint density at radius 2 is 2.00 bits per heavy atom. The Morgan fingerprint density at radius 1 is 1.29 bits per heavy atom. The summed E-state index contributed by atoms with van der Waals surface area (Å²) in [6.45, 7) is 9.06. The molecule has 0 spiro atoms. The van der Waals surface area contributed by atoms with E-state index in [2.05, 4.69) is 29.2 Å². The van der Waals surface area contributed by atoms with E-state index in [-0.39, 0.29) is 5.92 Å². The van der Waals surface area contributed by atoms with E-state index in [1.807, 2.05) is 13.8 Å². The molecule has 0 aliphatic rings. The smallest absolute Gasteiger partial charge is 0.218 e. The van der Waals surface area contributed by atoms with Crippen molar-refractivity contribution in [3.8, 4) is 5.88 Å². The van der Waals surface area contributed by atoms with E-state index in [4.69, 9.17) is 10.6 Å². The summed E-state index contributed by atoms with van der Waals surface area (Å²) in [6, 6.07) is 1.71. The van der Waals surface area contributed by atoms with Crippen LogP contribution in [0.3, 0.4) is 0 Å². The highest BCUT2D eigenvalue weighted by Crippen LogP contribution is 2.18. The van der Waals surface area contributed by atoms with Gasteiger partial charge in [-0.3, -0.25) is 0 Å². The van der Waals surface area contributed by atoms with Crippen molar-refractivity contribution in [3.05, 3.63) is 11.9 Å². The molecule has 5 heteroatoms. The van der Waals surface area contributed by atoms with Crippen LogP contribution in [0.25, 0.3) is 0 Å². The predicted octanol–water partition coefficient (Wildman–Crippen LogP) is 2.31. The van der Waals surface area contributed by atoms with E-state index in [9.17, 15) is 0 Å². The van der Waals surface area contributed by atoms with Gasteiger partial charge in [-0.05, 0) is 12.3 Å². The van der Waals surface area contributed by atoms with Gasteiger partial charge in [0.15, 0.2) is 0 Å². The molecule has 0 bridgehead atoms. The highest BCUT2D eigenvalue weighted by atomic mass is 16.5. The van der Waals surface area contributed by atoms with Crippen molar-refractivity contribution >= 4 is 5.82 Å². The quantitative estimate of drug-likeness (QED) is 0.587. The van der Waals surface area contributed by atoms with Gasteiger partial charge in [-0.2, -0.15) is 4.98 Å². The number of nitrogens with one attached hydrogen (secondary N) is 1. The molecule has 96 valence electrons. The Morgan fingerprint density at radius 3 is 2.53 bits per heavy atom. The van der Waals surface area contributed by atoms with E-state index in [1.165, 1.54) is 0 Å². The maximum atomic E-state index is 5.60. The Kier molecular flexibility index (Phi) is 5.15. The number of nitrogens with zero attached hydrogens (tertiary/aromatic N) is 2. The first kappa shape index (κ1) is 13.7. The number of hydrogen-bond donors (Lipinski definition) is 2. The summed E-state index contributed by atoms with van der Waals surface area (Å²) in [5, 5.41) is 0. The van der Waals surface area contributed by atoms with Crippen LogP contribution in [-0.2, 0) is 0 Å². The molecule has 0 saturated heterocycles. The van der Waals surface area contributed by atoms with Crippen LogP contribution in [-0.4, -0.2) is 16.6 Å². The fourth-order valence-electron chi connectivity index (χ4n) is 1.25. The minimum Gasteiger partial charge on any atom is -0.478 e. The van der Waals surface area contributed by atoms with Crippen LogP contribution in [0.4, 0.5) is 5.82 Å². The molecule has 5 nitrogen and oxygen atoms in total. The Bertz CT molecular complexity index is 352. The molecule has 1 aromatic rings. The molecule has 17 heavy (non-hydrogen) atoms. The van der Waals surface area contributed by atoms with Gasteiger partial charge < -0.3 is 10.2 Å². The molecule has 0 aliphatic heterocycles. The van der Waals surface area contributed by atoms with Crippen LogP contribution in [0.2, 0.25) is 0 Å². The first-order chi connectivity index (χ1) is 8.02. The first-order valence-electron chi connectivity index (χ1n) is 6.01. The molecule has 0 aromatic carbocycles. The van der Waals surface area contributed by atoms with Gasteiger partial charge in [-0.25, -0.2) is 10.8 Å². The zero-order valence-electron chi connectivity index (χ0n) is 11.0. The lowest BCUT2D eigenvalue weighted by Crippen LogP contribution is -2.12. The van der Waals surface area contributed by atoms with Gasteiger partial charge in [-0.1, -0.05) is 27.7 Å². The van der Waals surface area contributed by atoms with Gasteiger partial charge in [0.05, 0.1) is 6.61 Å². The molecule has 0 radical (unpaired) electrons. The number of nitrogens with two attached hydrogens (primary N) is 1. The first-order valence-corrected chi connectivity index (χ1v) is 6.01. The molecule has 0 saturated carbocycles. The van der Waals surface area contributed by atoms with Gasteiger partial charge in [0, 0.05) is 12.0 Å². The summed E-state index contributed by atoms with van der Waals surface area (Å²) in [5.74, 6) is 8.14. The van der Waals surface area contributed by atoms with E-state index in [0.717, 1.165) is 12.2 Å². The van der Waals surface area contributed by atoms with Crippen molar-refractivity contribution in [2.24, 2.45) is 11.8 Å². The zero-order valence-corrected chi connectivity index (χ0v) is 11.0. The molecule has 0 aliphatic carbocycles. The summed E-state index contributed by atoms with van der Waals surface area (Å²) in [4.78, 5) is 8.62. The lowest BCUT2D eigenvalue weighted by Gasteiger charge is -2.11. The molecular weight excluding hydrogens is 216 g/mol. The molecule has 1 aromatic heterocycles. The van der Waals surface area contributed by atoms with Gasteiger partial charge in [-0.15, -0.1) is 0 Å². The second kappa shape index (κ2) is 6.39. The number of hydrogen-bond acceptors (Lipinski definition) is 5. The van der Waals surface area contributed by atoms with Crippen LogP contribution in [0, 0.1) is 5.92 Å².